The molecule has 0 aliphatic heterocycles. The summed E-state index contributed by atoms with van der Waals surface area (Å²) < 4.78 is 0. The van der Waals surface area contributed by atoms with Gasteiger partial charge in [0.1, 0.15) is 5.75 Å². The van der Waals surface area contributed by atoms with Gasteiger partial charge in [-0.25, -0.2) is 0 Å². The van der Waals surface area contributed by atoms with E-state index in [9.17, 15) is 14.7 Å². The third kappa shape index (κ3) is 3.91. The molecule has 0 atom stereocenters. The number of rotatable bonds is 5. The van der Waals surface area contributed by atoms with Gasteiger partial charge >= 0.3 is 0 Å². The maximum atomic E-state index is 12.6. The van der Waals surface area contributed by atoms with Crippen LogP contribution in [0.3, 0.4) is 0 Å². The fourth-order valence-corrected chi connectivity index (χ4v) is 2.90. The van der Waals surface area contributed by atoms with E-state index >= 15 is 0 Å². The molecule has 0 saturated carbocycles. The van der Waals surface area contributed by atoms with E-state index in [1.807, 2.05) is 31.2 Å². The molecule has 25 heavy (non-hydrogen) atoms. The zero-order valence-corrected chi connectivity index (χ0v) is 14.0. The number of Topliss-reactive ketones (excluding diaryl/α,β-unsaturated/α-hetero) is 2. The summed E-state index contributed by atoms with van der Waals surface area (Å²) in [5.41, 5.74) is 4.01. The van der Waals surface area contributed by atoms with Gasteiger partial charge in [0.25, 0.3) is 0 Å². The Kier molecular flexibility index (Phi) is 4.89. The molecule has 0 bridgehead atoms. The van der Waals surface area contributed by atoms with E-state index in [1.54, 1.807) is 30.6 Å². The summed E-state index contributed by atoms with van der Waals surface area (Å²) in [7, 11) is 0. The van der Waals surface area contributed by atoms with Crippen LogP contribution in [0.5, 0.6) is 5.75 Å². The number of aromatic hydroxyl groups is 1. The summed E-state index contributed by atoms with van der Waals surface area (Å²) in [4.78, 5) is 28.7. The number of carbonyl (C=O) groups is 2. The Hall–Kier alpha value is -3.01. The van der Waals surface area contributed by atoms with Crippen molar-refractivity contribution in [3.63, 3.8) is 0 Å². The summed E-state index contributed by atoms with van der Waals surface area (Å²) in [6, 6.07) is 8.83. The van der Waals surface area contributed by atoms with Crippen molar-refractivity contribution < 1.29 is 16.1 Å². The number of aromatic nitrogens is 1. The molecule has 128 valence electrons. The lowest BCUT2D eigenvalue weighted by Gasteiger charge is -2.13. The number of ketones is 2. The van der Waals surface area contributed by atoms with Crippen LogP contribution in [-0.4, -0.2) is 21.7 Å². The molecule has 4 nitrogen and oxygen atoms in total. The van der Waals surface area contributed by atoms with E-state index in [0.717, 1.165) is 22.3 Å². The fraction of sp³-hybridized carbons (Fsp3) is 0.190. The van der Waals surface area contributed by atoms with Crippen LogP contribution >= 0.6 is 0 Å². The van der Waals surface area contributed by atoms with Crippen LogP contribution < -0.4 is 0 Å². The molecule has 0 spiro atoms. The van der Waals surface area contributed by atoms with E-state index in [4.69, 9.17) is 0 Å². The first-order valence-corrected chi connectivity index (χ1v) is 8.22. The number of hydrogen-bond donors (Lipinski definition) is 1. The first kappa shape index (κ1) is 16.8. The zero-order valence-electron chi connectivity index (χ0n) is 14.0. The summed E-state index contributed by atoms with van der Waals surface area (Å²) in [6.45, 7) is 1.94. The van der Waals surface area contributed by atoms with Crippen molar-refractivity contribution >= 4 is 17.1 Å². The molecule has 4 heteroatoms. The number of phenols is 1. The highest BCUT2D eigenvalue weighted by molar-refractivity contribution is 6.23. The van der Waals surface area contributed by atoms with Gasteiger partial charge in [0.05, 0.1) is 5.57 Å². The third-order valence-electron chi connectivity index (χ3n) is 4.38. The molecule has 1 N–H and O–H groups in total. The second kappa shape index (κ2) is 7.26. The number of aryl methyl sites for hydroxylation is 2. The van der Waals surface area contributed by atoms with Gasteiger partial charge in [0, 0.05) is 26.7 Å². The predicted octanol–water partition coefficient (Wildman–Crippen LogP) is 3.83. The highest BCUT2D eigenvalue weighted by atomic mass is 16.3. The average molecular weight is 335 g/mol. The summed E-state index contributed by atoms with van der Waals surface area (Å²) >= 11 is 0. The van der Waals surface area contributed by atoms with Crippen molar-refractivity contribution in [1.82, 2.24) is 4.98 Å². The van der Waals surface area contributed by atoms with Crippen molar-refractivity contribution in [1.29, 1.82) is 0 Å². The molecular weight excluding hydrogens is 314 g/mol. The maximum Gasteiger partial charge on any atom is 0.170 e. The SMILES string of the molecule is Cc1ccc(O)cc1CCC(=O)C1=CC(c2ccncc2)=CCC1=O.[HH]. The number of hydrogen-bond acceptors (Lipinski definition) is 4. The van der Waals surface area contributed by atoms with Gasteiger partial charge in [-0.1, -0.05) is 12.1 Å². The van der Waals surface area contributed by atoms with E-state index in [1.165, 1.54) is 0 Å². The van der Waals surface area contributed by atoms with E-state index < -0.39 is 0 Å². The minimum Gasteiger partial charge on any atom is -0.508 e. The number of pyridine rings is 1. The molecule has 0 amide bonds. The van der Waals surface area contributed by atoms with Gasteiger partial charge in [0.2, 0.25) is 0 Å². The molecule has 0 unspecified atom stereocenters. The Morgan fingerprint density at radius 3 is 2.76 bits per heavy atom. The lowest BCUT2D eigenvalue weighted by molar-refractivity contribution is -0.121. The standard InChI is InChI=1S/C21H19NO3.H2/c1-14-2-5-18(23)12-16(14)3-6-20(24)19-13-17(4-7-21(19)25)15-8-10-22-11-9-15;/h2,4-5,8-13,23H,3,6-7H2,1H3;1H. The van der Waals surface area contributed by atoms with Crippen molar-refractivity contribution in [3.05, 3.63) is 77.1 Å². The van der Waals surface area contributed by atoms with Gasteiger partial charge in [-0.3, -0.25) is 14.6 Å². The second-order valence-electron chi connectivity index (χ2n) is 6.11. The maximum absolute atomic E-state index is 12.6. The number of phenolic OH excluding ortho intramolecular Hbond substituents is 1. The van der Waals surface area contributed by atoms with Crippen molar-refractivity contribution in [2.45, 2.75) is 26.2 Å². The Balaban J connectivity index is 0.00000243. The number of benzene rings is 1. The van der Waals surface area contributed by atoms with Gasteiger partial charge in [-0.05, 0) is 65.9 Å². The van der Waals surface area contributed by atoms with Crippen molar-refractivity contribution in [2.24, 2.45) is 0 Å². The fourth-order valence-electron chi connectivity index (χ4n) is 2.90. The quantitative estimate of drug-likeness (QED) is 0.843. The highest BCUT2D eigenvalue weighted by Crippen LogP contribution is 2.25. The van der Waals surface area contributed by atoms with Gasteiger partial charge in [0.15, 0.2) is 11.6 Å². The smallest absolute Gasteiger partial charge is 0.170 e. The van der Waals surface area contributed by atoms with Crippen LogP contribution in [0.2, 0.25) is 0 Å². The average Bonchev–Trinajstić information content (AvgIpc) is 2.63. The normalized spacial score (nSPS) is 14.0. The summed E-state index contributed by atoms with van der Waals surface area (Å²) in [5, 5.41) is 9.59. The Morgan fingerprint density at radius 1 is 1.24 bits per heavy atom. The highest BCUT2D eigenvalue weighted by Gasteiger charge is 2.21. The van der Waals surface area contributed by atoms with Crippen LogP contribution in [0, 0.1) is 6.92 Å². The lowest BCUT2D eigenvalue weighted by Crippen LogP contribution is -2.16. The van der Waals surface area contributed by atoms with Gasteiger partial charge in [-0.2, -0.15) is 0 Å². The Morgan fingerprint density at radius 2 is 2.00 bits per heavy atom. The summed E-state index contributed by atoms with van der Waals surface area (Å²) in [6.07, 6.45) is 7.87. The largest absolute Gasteiger partial charge is 0.508 e. The topological polar surface area (TPSA) is 67.3 Å². The van der Waals surface area contributed by atoms with Gasteiger partial charge < -0.3 is 5.11 Å². The molecule has 1 aromatic heterocycles. The van der Waals surface area contributed by atoms with Crippen LogP contribution in [0.1, 0.15) is 31.0 Å². The zero-order chi connectivity index (χ0) is 17.8. The summed E-state index contributed by atoms with van der Waals surface area (Å²) in [5.74, 6) is -0.119. The molecule has 0 fully saturated rings. The monoisotopic (exact) mass is 335 g/mol. The molecule has 1 heterocycles. The number of allylic oxidation sites excluding steroid dienone is 4. The molecule has 0 saturated heterocycles. The lowest BCUT2D eigenvalue weighted by atomic mass is 9.90. The molecular formula is C21H21NO3. The van der Waals surface area contributed by atoms with Crippen molar-refractivity contribution in [3.8, 4) is 5.75 Å². The third-order valence-corrected chi connectivity index (χ3v) is 4.38. The van der Waals surface area contributed by atoms with E-state index in [2.05, 4.69) is 4.98 Å². The minimum atomic E-state index is -0.160. The Bertz CT molecular complexity index is 885. The Labute approximate surface area is 148 Å². The molecule has 2 aromatic rings. The van der Waals surface area contributed by atoms with Crippen LogP contribution in [0.4, 0.5) is 0 Å². The predicted molar refractivity (Wildman–Crippen MR) is 98.2 cm³/mol. The first-order valence-electron chi connectivity index (χ1n) is 8.22. The van der Waals surface area contributed by atoms with Crippen LogP contribution in [0.15, 0.2) is 60.5 Å². The minimum absolute atomic E-state index is 0. The second-order valence-corrected chi connectivity index (χ2v) is 6.11. The molecule has 3 rings (SSSR count). The van der Waals surface area contributed by atoms with E-state index in [0.29, 0.717) is 6.42 Å². The molecule has 1 aliphatic rings. The van der Waals surface area contributed by atoms with E-state index in [-0.39, 0.29) is 37.2 Å². The first-order chi connectivity index (χ1) is 12.0. The van der Waals surface area contributed by atoms with Crippen LogP contribution in [0.25, 0.3) is 5.57 Å². The molecule has 1 aliphatic carbocycles. The van der Waals surface area contributed by atoms with Gasteiger partial charge in [-0.15, -0.1) is 0 Å². The number of nitrogens with zero attached hydrogens (tertiary/aromatic N) is 1. The van der Waals surface area contributed by atoms with Crippen LogP contribution in [-0.2, 0) is 16.0 Å². The molecule has 0 radical (unpaired) electrons. The van der Waals surface area contributed by atoms with Crippen molar-refractivity contribution in [2.75, 3.05) is 0 Å². The number of carbonyl (C=O) groups excluding carboxylic acids is 2. The molecule has 1 aromatic carbocycles.